The number of amides is 1. The van der Waals surface area contributed by atoms with E-state index in [0.29, 0.717) is 23.8 Å². The molecule has 104 valence electrons. The van der Waals surface area contributed by atoms with Crippen LogP contribution >= 0.6 is 0 Å². The first-order chi connectivity index (χ1) is 8.53. The van der Waals surface area contributed by atoms with Gasteiger partial charge >= 0.3 is 0 Å². The Morgan fingerprint density at radius 3 is 2.67 bits per heavy atom. The fourth-order valence-corrected chi connectivity index (χ4v) is 3.46. The van der Waals surface area contributed by atoms with Gasteiger partial charge in [0, 0.05) is 11.5 Å². The van der Waals surface area contributed by atoms with Crippen molar-refractivity contribution < 1.29 is 4.79 Å². The average molecular weight is 252 g/mol. The number of piperidine rings is 1. The van der Waals surface area contributed by atoms with Crippen molar-refractivity contribution in [1.82, 2.24) is 10.6 Å². The van der Waals surface area contributed by atoms with Crippen LogP contribution in [0.25, 0.3) is 0 Å². The Morgan fingerprint density at radius 2 is 2.17 bits per heavy atom. The summed E-state index contributed by atoms with van der Waals surface area (Å²) in [6.07, 6.45) is 5.54. The van der Waals surface area contributed by atoms with E-state index < -0.39 is 0 Å². The lowest BCUT2D eigenvalue weighted by Crippen LogP contribution is -2.54. The van der Waals surface area contributed by atoms with Gasteiger partial charge in [-0.3, -0.25) is 4.79 Å². The van der Waals surface area contributed by atoms with Crippen LogP contribution in [0.3, 0.4) is 0 Å². The van der Waals surface area contributed by atoms with E-state index in [2.05, 4.69) is 31.4 Å². The fraction of sp³-hybridized carbons (Fsp3) is 0.933. The van der Waals surface area contributed by atoms with Gasteiger partial charge in [0.05, 0.1) is 0 Å². The van der Waals surface area contributed by atoms with Gasteiger partial charge in [0.25, 0.3) is 0 Å². The van der Waals surface area contributed by atoms with Crippen molar-refractivity contribution in [3.8, 4) is 0 Å². The molecule has 2 fully saturated rings. The van der Waals surface area contributed by atoms with E-state index in [1.807, 2.05) is 0 Å². The summed E-state index contributed by atoms with van der Waals surface area (Å²) >= 11 is 0. The lowest BCUT2D eigenvalue weighted by atomic mass is 9.63. The van der Waals surface area contributed by atoms with Crippen LogP contribution in [-0.2, 0) is 4.79 Å². The molecule has 2 rings (SSSR count). The van der Waals surface area contributed by atoms with E-state index in [1.165, 1.54) is 6.42 Å². The quantitative estimate of drug-likeness (QED) is 0.806. The molecule has 1 amide bonds. The van der Waals surface area contributed by atoms with Crippen LogP contribution in [0.4, 0.5) is 0 Å². The maximum Gasteiger partial charge on any atom is 0.226 e. The number of carbonyl (C=O) groups excluding carboxylic acids is 1. The maximum absolute atomic E-state index is 12.6. The van der Waals surface area contributed by atoms with Gasteiger partial charge < -0.3 is 10.6 Å². The minimum absolute atomic E-state index is 0.0290. The Bertz CT molecular complexity index is 297. The van der Waals surface area contributed by atoms with Gasteiger partial charge in [0.15, 0.2) is 0 Å². The highest BCUT2D eigenvalue weighted by atomic mass is 16.2. The van der Waals surface area contributed by atoms with E-state index in [4.69, 9.17) is 0 Å². The molecule has 1 saturated heterocycles. The van der Waals surface area contributed by atoms with Crippen LogP contribution in [0.5, 0.6) is 0 Å². The Hall–Kier alpha value is -0.570. The summed E-state index contributed by atoms with van der Waals surface area (Å²) in [7, 11) is 0. The van der Waals surface area contributed by atoms with Crippen LogP contribution < -0.4 is 10.6 Å². The molecule has 1 aliphatic carbocycles. The van der Waals surface area contributed by atoms with Crippen LogP contribution in [0.15, 0.2) is 0 Å². The molecule has 3 heteroatoms. The Balaban J connectivity index is 1.93. The second kappa shape index (κ2) is 5.60. The molecule has 0 spiro atoms. The zero-order valence-corrected chi connectivity index (χ0v) is 12.1. The minimum Gasteiger partial charge on any atom is -0.353 e. The summed E-state index contributed by atoms with van der Waals surface area (Å²) in [4.78, 5) is 12.6. The predicted molar refractivity (Wildman–Crippen MR) is 74.3 cm³/mol. The summed E-state index contributed by atoms with van der Waals surface area (Å²) in [6.45, 7) is 8.74. The van der Waals surface area contributed by atoms with E-state index in [-0.39, 0.29) is 5.41 Å². The van der Waals surface area contributed by atoms with Gasteiger partial charge in [-0.1, -0.05) is 27.2 Å². The highest BCUT2D eigenvalue weighted by Gasteiger charge is 2.45. The molecule has 0 aromatic carbocycles. The minimum atomic E-state index is -0.0290. The summed E-state index contributed by atoms with van der Waals surface area (Å²) in [5, 5.41) is 6.72. The van der Waals surface area contributed by atoms with E-state index in [0.717, 1.165) is 38.8 Å². The van der Waals surface area contributed by atoms with Gasteiger partial charge in [-0.2, -0.15) is 0 Å². The number of nitrogens with one attached hydrogen (secondary N) is 2. The molecule has 2 aliphatic rings. The smallest absolute Gasteiger partial charge is 0.226 e. The molecule has 0 aromatic rings. The number of hydrogen-bond donors (Lipinski definition) is 2. The summed E-state index contributed by atoms with van der Waals surface area (Å²) in [5.41, 5.74) is -0.0290. The van der Waals surface area contributed by atoms with Crippen LogP contribution in [0, 0.1) is 17.3 Å². The molecule has 2 N–H and O–H groups in total. The predicted octanol–water partition coefficient (Wildman–Crippen LogP) is 2.32. The maximum atomic E-state index is 12.6. The monoisotopic (exact) mass is 252 g/mol. The SMILES string of the molecule is CC(C)CC1(C(=O)NC2CCNCC2C)CCC1. The Morgan fingerprint density at radius 1 is 1.44 bits per heavy atom. The highest BCUT2D eigenvalue weighted by molar-refractivity contribution is 5.83. The second-order valence-corrected chi connectivity index (χ2v) is 6.78. The van der Waals surface area contributed by atoms with Crippen molar-refractivity contribution >= 4 is 5.91 Å². The van der Waals surface area contributed by atoms with Gasteiger partial charge in [0.1, 0.15) is 0 Å². The summed E-state index contributed by atoms with van der Waals surface area (Å²) in [6, 6.07) is 0.378. The zero-order chi connectivity index (χ0) is 13.2. The van der Waals surface area contributed by atoms with Crippen LogP contribution in [-0.4, -0.2) is 25.0 Å². The van der Waals surface area contributed by atoms with Gasteiger partial charge in [-0.15, -0.1) is 0 Å². The lowest BCUT2D eigenvalue weighted by molar-refractivity contribution is -0.138. The molecule has 3 nitrogen and oxygen atoms in total. The van der Waals surface area contributed by atoms with E-state index in [1.54, 1.807) is 0 Å². The standard InChI is InChI=1S/C15H28N2O/c1-11(2)9-15(6-4-7-15)14(18)17-13-5-8-16-10-12(13)3/h11-13,16H,4-10H2,1-3H3,(H,17,18). The molecule has 1 aliphatic heterocycles. The summed E-state index contributed by atoms with van der Waals surface area (Å²) < 4.78 is 0. The molecule has 0 bridgehead atoms. The third-order valence-electron chi connectivity index (χ3n) is 4.69. The van der Waals surface area contributed by atoms with Crippen LogP contribution in [0.1, 0.15) is 52.9 Å². The largest absolute Gasteiger partial charge is 0.353 e. The van der Waals surface area contributed by atoms with Crippen molar-refractivity contribution in [2.24, 2.45) is 17.3 Å². The fourth-order valence-electron chi connectivity index (χ4n) is 3.46. The van der Waals surface area contributed by atoms with E-state index >= 15 is 0 Å². The Kier molecular flexibility index (Phi) is 4.31. The molecular formula is C15H28N2O. The second-order valence-electron chi connectivity index (χ2n) is 6.78. The van der Waals surface area contributed by atoms with Crippen molar-refractivity contribution in [1.29, 1.82) is 0 Å². The topological polar surface area (TPSA) is 41.1 Å². The van der Waals surface area contributed by atoms with Crippen molar-refractivity contribution in [3.05, 3.63) is 0 Å². The molecule has 0 aromatic heterocycles. The molecule has 18 heavy (non-hydrogen) atoms. The molecule has 2 atom stereocenters. The lowest BCUT2D eigenvalue weighted by Gasteiger charge is -2.43. The number of carbonyl (C=O) groups is 1. The van der Waals surface area contributed by atoms with Crippen molar-refractivity contribution in [2.75, 3.05) is 13.1 Å². The average Bonchev–Trinajstić information content (AvgIpc) is 2.26. The van der Waals surface area contributed by atoms with Crippen molar-refractivity contribution in [3.63, 3.8) is 0 Å². The van der Waals surface area contributed by atoms with Gasteiger partial charge in [-0.25, -0.2) is 0 Å². The molecule has 2 unspecified atom stereocenters. The van der Waals surface area contributed by atoms with Gasteiger partial charge in [-0.05, 0) is 50.6 Å². The zero-order valence-electron chi connectivity index (χ0n) is 12.1. The van der Waals surface area contributed by atoms with E-state index in [9.17, 15) is 4.79 Å². The van der Waals surface area contributed by atoms with Gasteiger partial charge in [0.2, 0.25) is 5.91 Å². The summed E-state index contributed by atoms with van der Waals surface area (Å²) in [5.74, 6) is 1.50. The first-order valence-electron chi connectivity index (χ1n) is 7.55. The van der Waals surface area contributed by atoms with Crippen LogP contribution in [0.2, 0.25) is 0 Å². The molecule has 0 radical (unpaired) electrons. The molecular weight excluding hydrogens is 224 g/mol. The normalized spacial score (nSPS) is 30.9. The third-order valence-corrected chi connectivity index (χ3v) is 4.69. The number of hydrogen-bond acceptors (Lipinski definition) is 2. The molecule has 1 saturated carbocycles. The first-order valence-corrected chi connectivity index (χ1v) is 7.55. The highest BCUT2D eigenvalue weighted by Crippen LogP contribution is 2.46. The number of rotatable bonds is 4. The molecule has 1 heterocycles. The van der Waals surface area contributed by atoms with Crippen molar-refractivity contribution in [2.45, 2.75) is 58.9 Å². The Labute approximate surface area is 111 Å². The third kappa shape index (κ3) is 2.87. The first kappa shape index (κ1) is 13.9.